The zero-order chi connectivity index (χ0) is 14.8. The van der Waals surface area contributed by atoms with E-state index in [1.165, 1.54) is 31.2 Å². The minimum atomic E-state index is -0.0564. The highest BCUT2D eigenvalue weighted by molar-refractivity contribution is 5.25. The molecule has 116 valence electrons. The molecule has 2 fully saturated rings. The average molecular weight is 290 g/mol. The molecule has 0 bridgehead atoms. The van der Waals surface area contributed by atoms with Crippen LogP contribution in [0.3, 0.4) is 0 Å². The van der Waals surface area contributed by atoms with Crippen LogP contribution in [0.15, 0.2) is 18.2 Å². The molecule has 2 atom stereocenters. The van der Waals surface area contributed by atoms with Crippen LogP contribution in [0.25, 0.3) is 0 Å². The lowest BCUT2D eigenvalue weighted by Crippen LogP contribution is -2.33. The Balaban J connectivity index is 1.69. The second-order valence-corrected chi connectivity index (χ2v) is 6.74. The van der Waals surface area contributed by atoms with E-state index in [0.717, 1.165) is 25.1 Å². The van der Waals surface area contributed by atoms with Crippen molar-refractivity contribution >= 4 is 0 Å². The van der Waals surface area contributed by atoms with Crippen LogP contribution in [-0.4, -0.2) is 23.0 Å². The second-order valence-electron chi connectivity index (χ2n) is 6.74. The number of rotatable bonds is 6. The number of hydrogen-bond acceptors (Lipinski definition) is 2. The van der Waals surface area contributed by atoms with Crippen LogP contribution in [0.4, 0.5) is 4.39 Å². The summed E-state index contributed by atoms with van der Waals surface area (Å²) < 4.78 is 14.1. The molecule has 1 aliphatic heterocycles. The van der Waals surface area contributed by atoms with Gasteiger partial charge in [0.15, 0.2) is 0 Å². The van der Waals surface area contributed by atoms with Crippen molar-refractivity contribution in [1.29, 1.82) is 0 Å². The number of hydrogen-bond donors (Lipinski definition) is 1. The fourth-order valence-electron chi connectivity index (χ4n) is 3.45. The van der Waals surface area contributed by atoms with E-state index < -0.39 is 0 Å². The van der Waals surface area contributed by atoms with Gasteiger partial charge >= 0.3 is 0 Å². The van der Waals surface area contributed by atoms with Crippen molar-refractivity contribution in [2.45, 2.75) is 77.2 Å². The summed E-state index contributed by atoms with van der Waals surface area (Å²) in [7, 11) is 0. The maximum atomic E-state index is 14.1. The molecule has 3 rings (SSSR count). The fraction of sp³-hybridized carbons (Fsp3) is 0.667. The maximum Gasteiger partial charge on any atom is 0.127 e. The van der Waals surface area contributed by atoms with Crippen LogP contribution in [0.2, 0.25) is 0 Å². The molecule has 2 unspecified atom stereocenters. The van der Waals surface area contributed by atoms with E-state index in [4.69, 9.17) is 0 Å². The Bertz CT molecular complexity index is 484. The molecule has 1 N–H and O–H groups in total. The average Bonchev–Trinajstić information content (AvgIpc) is 3.25. The van der Waals surface area contributed by atoms with E-state index in [1.807, 2.05) is 6.07 Å². The molecule has 0 spiro atoms. The molecule has 1 aromatic carbocycles. The second kappa shape index (κ2) is 6.45. The quantitative estimate of drug-likeness (QED) is 0.856. The Kier molecular flexibility index (Phi) is 4.60. The third-order valence-corrected chi connectivity index (χ3v) is 5.06. The van der Waals surface area contributed by atoms with Gasteiger partial charge < -0.3 is 5.32 Å². The summed E-state index contributed by atoms with van der Waals surface area (Å²) in [6, 6.07) is 7.50. The summed E-state index contributed by atoms with van der Waals surface area (Å²) in [5.74, 6) is -0.0564. The smallest absolute Gasteiger partial charge is 0.127 e. The molecule has 0 aromatic heterocycles. The van der Waals surface area contributed by atoms with Gasteiger partial charge in [0, 0.05) is 36.8 Å². The van der Waals surface area contributed by atoms with Crippen molar-refractivity contribution in [3.05, 3.63) is 35.1 Å². The summed E-state index contributed by atoms with van der Waals surface area (Å²) in [6.45, 7) is 6.13. The van der Waals surface area contributed by atoms with E-state index >= 15 is 0 Å². The first kappa shape index (κ1) is 15.0. The Morgan fingerprint density at radius 2 is 2.05 bits per heavy atom. The number of nitrogens with one attached hydrogen (secondary N) is 1. The first-order valence-electron chi connectivity index (χ1n) is 8.43. The number of likely N-dealkylation sites (tertiary alicyclic amines) is 1. The molecule has 1 heterocycles. The highest BCUT2D eigenvalue weighted by Gasteiger charge is 2.29. The molecule has 2 aliphatic rings. The first-order valence-corrected chi connectivity index (χ1v) is 8.43. The summed E-state index contributed by atoms with van der Waals surface area (Å²) >= 11 is 0. The third kappa shape index (κ3) is 3.64. The van der Waals surface area contributed by atoms with Crippen LogP contribution in [0.1, 0.15) is 57.1 Å². The lowest BCUT2D eigenvalue weighted by molar-refractivity contribution is 0.187. The van der Waals surface area contributed by atoms with Crippen molar-refractivity contribution in [3.63, 3.8) is 0 Å². The molecule has 21 heavy (non-hydrogen) atoms. The highest BCUT2D eigenvalue weighted by Crippen LogP contribution is 2.28. The van der Waals surface area contributed by atoms with Crippen molar-refractivity contribution in [2.24, 2.45) is 0 Å². The Morgan fingerprint density at radius 1 is 1.24 bits per heavy atom. The standard InChI is InChI=1S/C18H27FN2/c1-3-17-8-4-13(2)21(17)12-15-10-14(5-9-18(15)19)11-20-16-6-7-16/h5,9-10,13,16-17,20H,3-4,6-8,11-12H2,1-2H3. The molecule has 1 saturated heterocycles. The van der Waals surface area contributed by atoms with Crippen molar-refractivity contribution in [1.82, 2.24) is 10.2 Å². The molecule has 3 heteroatoms. The van der Waals surface area contributed by atoms with E-state index in [1.54, 1.807) is 6.07 Å². The minimum absolute atomic E-state index is 0.0564. The normalized spacial score (nSPS) is 26.4. The topological polar surface area (TPSA) is 15.3 Å². The van der Waals surface area contributed by atoms with Gasteiger partial charge in [-0.3, -0.25) is 4.90 Å². The van der Waals surface area contributed by atoms with Gasteiger partial charge in [-0.25, -0.2) is 4.39 Å². The van der Waals surface area contributed by atoms with E-state index in [-0.39, 0.29) is 5.82 Å². The monoisotopic (exact) mass is 290 g/mol. The van der Waals surface area contributed by atoms with Crippen LogP contribution in [0.5, 0.6) is 0 Å². The Morgan fingerprint density at radius 3 is 2.76 bits per heavy atom. The predicted molar refractivity (Wildman–Crippen MR) is 84.6 cm³/mol. The van der Waals surface area contributed by atoms with Crippen LogP contribution in [0, 0.1) is 5.82 Å². The molecular formula is C18H27FN2. The lowest BCUT2D eigenvalue weighted by atomic mass is 10.1. The summed E-state index contributed by atoms with van der Waals surface area (Å²) in [5, 5.41) is 3.51. The largest absolute Gasteiger partial charge is 0.310 e. The lowest BCUT2D eigenvalue weighted by Gasteiger charge is -2.28. The number of benzene rings is 1. The van der Waals surface area contributed by atoms with Crippen molar-refractivity contribution in [2.75, 3.05) is 0 Å². The Labute approximate surface area is 127 Å². The van der Waals surface area contributed by atoms with E-state index in [9.17, 15) is 4.39 Å². The fourth-order valence-corrected chi connectivity index (χ4v) is 3.45. The van der Waals surface area contributed by atoms with Crippen LogP contribution < -0.4 is 5.32 Å². The Hall–Kier alpha value is -0.930. The van der Waals surface area contributed by atoms with Gasteiger partial charge in [-0.05, 0) is 50.7 Å². The summed E-state index contributed by atoms with van der Waals surface area (Å²) in [6.07, 6.45) is 6.23. The molecular weight excluding hydrogens is 263 g/mol. The maximum absolute atomic E-state index is 14.1. The zero-order valence-electron chi connectivity index (χ0n) is 13.2. The summed E-state index contributed by atoms with van der Waals surface area (Å²) in [4.78, 5) is 2.48. The van der Waals surface area contributed by atoms with Gasteiger partial charge in [0.2, 0.25) is 0 Å². The zero-order valence-corrected chi connectivity index (χ0v) is 13.2. The molecule has 1 saturated carbocycles. The van der Waals surface area contributed by atoms with Crippen LogP contribution in [-0.2, 0) is 13.1 Å². The molecule has 2 nitrogen and oxygen atoms in total. The molecule has 1 aliphatic carbocycles. The first-order chi connectivity index (χ1) is 10.2. The highest BCUT2D eigenvalue weighted by atomic mass is 19.1. The van der Waals surface area contributed by atoms with Gasteiger partial charge in [0.25, 0.3) is 0 Å². The molecule has 1 aromatic rings. The number of halogens is 1. The van der Waals surface area contributed by atoms with E-state index in [2.05, 4.69) is 30.1 Å². The summed E-state index contributed by atoms with van der Waals surface area (Å²) in [5.41, 5.74) is 2.07. The van der Waals surface area contributed by atoms with E-state index in [0.29, 0.717) is 18.1 Å². The van der Waals surface area contributed by atoms with Gasteiger partial charge in [-0.1, -0.05) is 19.1 Å². The van der Waals surface area contributed by atoms with Crippen molar-refractivity contribution < 1.29 is 4.39 Å². The van der Waals surface area contributed by atoms with Gasteiger partial charge in [0.1, 0.15) is 5.82 Å². The SMILES string of the molecule is CCC1CCC(C)N1Cc1cc(CNC2CC2)ccc1F. The van der Waals surface area contributed by atoms with Crippen molar-refractivity contribution in [3.8, 4) is 0 Å². The minimum Gasteiger partial charge on any atom is -0.310 e. The van der Waals surface area contributed by atoms with Gasteiger partial charge in [-0.2, -0.15) is 0 Å². The molecule has 0 amide bonds. The number of nitrogens with zero attached hydrogens (tertiary/aromatic N) is 1. The van der Waals surface area contributed by atoms with Crippen LogP contribution >= 0.6 is 0 Å². The van der Waals surface area contributed by atoms with Gasteiger partial charge in [-0.15, -0.1) is 0 Å². The molecule has 0 radical (unpaired) electrons. The third-order valence-electron chi connectivity index (χ3n) is 5.06. The van der Waals surface area contributed by atoms with Gasteiger partial charge in [0.05, 0.1) is 0 Å². The predicted octanol–water partition coefficient (Wildman–Crippen LogP) is 3.84.